The lowest BCUT2D eigenvalue weighted by atomic mass is 10.1. The van der Waals surface area contributed by atoms with Crippen molar-refractivity contribution in [1.29, 1.82) is 0 Å². The van der Waals surface area contributed by atoms with E-state index in [1.54, 1.807) is 13.8 Å². The molecule has 138 valence electrons. The summed E-state index contributed by atoms with van der Waals surface area (Å²) in [5.41, 5.74) is 1.04. The maximum absolute atomic E-state index is 14.1. The molecule has 26 heavy (non-hydrogen) atoms. The van der Waals surface area contributed by atoms with Gasteiger partial charge >= 0.3 is 5.97 Å². The highest BCUT2D eigenvalue weighted by molar-refractivity contribution is 5.97. The molecule has 1 aromatic heterocycles. The molecule has 0 aliphatic carbocycles. The number of carboxylic acid groups (broad SMARTS) is 1. The van der Waals surface area contributed by atoms with Gasteiger partial charge in [0.25, 0.3) is 5.91 Å². The lowest BCUT2D eigenvalue weighted by Crippen LogP contribution is -2.48. The van der Waals surface area contributed by atoms with Crippen LogP contribution in [0.2, 0.25) is 0 Å². The molecule has 9 heteroatoms. The summed E-state index contributed by atoms with van der Waals surface area (Å²) in [5, 5.41) is 13.3. The van der Waals surface area contributed by atoms with E-state index in [0.717, 1.165) is 12.1 Å². The van der Waals surface area contributed by atoms with Crippen molar-refractivity contribution in [3.05, 3.63) is 46.8 Å². The van der Waals surface area contributed by atoms with Crippen LogP contribution in [0.3, 0.4) is 0 Å². The molecule has 0 saturated carbocycles. The number of benzene rings is 1. The standard InChI is InChI=1S/C17H17F2N3O4/c1-9-15(16(23)21-5-6-26-14(8-21)17(24)25)10(2)22(20-9)13-4-3-11(18)7-12(13)19/h3-4,7,14H,5-6,8H2,1-2H3,(H,24,25). The summed E-state index contributed by atoms with van der Waals surface area (Å²) < 4.78 is 33.6. The number of amides is 1. The first-order valence-electron chi connectivity index (χ1n) is 7.95. The van der Waals surface area contributed by atoms with E-state index in [9.17, 15) is 18.4 Å². The number of hydrogen-bond acceptors (Lipinski definition) is 4. The molecule has 1 unspecified atom stereocenters. The smallest absolute Gasteiger partial charge is 0.334 e. The Balaban J connectivity index is 1.95. The van der Waals surface area contributed by atoms with Crippen molar-refractivity contribution in [3.8, 4) is 5.69 Å². The molecule has 1 aliphatic rings. The van der Waals surface area contributed by atoms with Crippen molar-refractivity contribution in [2.75, 3.05) is 19.7 Å². The van der Waals surface area contributed by atoms with E-state index in [0.29, 0.717) is 11.4 Å². The summed E-state index contributed by atoms with van der Waals surface area (Å²) in [7, 11) is 0. The summed E-state index contributed by atoms with van der Waals surface area (Å²) in [5.74, 6) is -3.05. The highest BCUT2D eigenvalue weighted by Gasteiger charge is 2.32. The summed E-state index contributed by atoms with van der Waals surface area (Å²) in [4.78, 5) is 25.3. The molecule has 1 aliphatic heterocycles. The van der Waals surface area contributed by atoms with Gasteiger partial charge in [-0.25, -0.2) is 18.3 Å². The summed E-state index contributed by atoms with van der Waals surface area (Å²) in [6, 6.07) is 3.09. The number of halogens is 2. The minimum atomic E-state index is -1.14. The number of carboxylic acids is 1. The quantitative estimate of drug-likeness (QED) is 0.895. The van der Waals surface area contributed by atoms with E-state index in [1.807, 2.05) is 0 Å². The maximum atomic E-state index is 14.1. The predicted octanol–water partition coefficient (Wildman–Crippen LogP) is 1.69. The van der Waals surface area contributed by atoms with Gasteiger partial charge in [0.2, 0.25) is 0 Å². The molecular formula is C17H17F2N3O4. The second-order valence-corrected chi connectivity index (χ2v) is 6.00. The van der Waals surface area contributed by atoms with Gasteiger partial charge in [-0.05, 0) is 26.0 Å². The van der Waals surface area contributed by atoms with Crippen molar-refractivity contribution in [2.24, 2.45) is 0 Å². The van der Waals surface area contributed by atoms with Crippen LogP contribution < -0.4 is 0 Å². The van der Waals surface area contributed by atoms with Gasteiger partial charge < -0.3 is 14.7 Å². The largest absolute Gasteiger partial charge is 0.479 e. The minimum Gasteiger partial charge on any atom is -0.479 e. The number of aromatic nitrogens is 2. The normalized spacial score (nSPS) is 17.4. The van der Waals surface area contributed by atoms with E-state index in [1.165, 1.54) is 15.6 Å². The second kappa shape index (κ2) is 6.83. The first-order chi connectivity index (χ1) is 12.3. The molecule has 1 amide bonds. The number of aryl methyl sites for hydroxylation is 1. The summed E-state index contributed by atoms with van der Waals surface area (Å²) in [6.07, 6.45) is -1.09. The van der Waals surface area contributed by atoms with Crippen molar-refractivity contribution < 1.29 is 28.2 Å². The van der Waals surface area contributed by atoms with Gasteiger partial charge in [-0.3, -0.25) is 4.79 Å². The number of rotatable bonds is 3. The van der Waals surface area contributed by atoms with Gasteiger partial charge in [0.05, 0.1) is 30.1 Å². The first kappa shape index (κ1) is 18.0. The van der Waals surface area contributed by atoms with Crippen LogP contribution in [0.4, 0.5) is 8.78 Å². The number of ether oxygens (including phenoxy) is 1. The highest BCUT2D eigenvalue weighted by Crippen LogP contribution is 2.23. The molecule has 1 aromatic carbocycles. The molecule has 1 saturated heterocycles. The lowest BCUT2D eigenvalue weighted by molar-refractivity contribution is -0.154. The fourth-order valence-corrected chi connectivity index (χ4v) is 2.98. The Morgan fingerprint density at radius 1 is 1.31 bits per heavy atom. The Kier molecular flexibility index (Phi) is 4.73. The molecule has 1 fully saturated rings. The topological polar surface area (TPSA) is 84.7 Å². The summed E-state index contributed by atoms with van der Waals surface area (Å²) in [6.45, 7) is 3.49. The van der Waals surface area contributed by atoms with Crippen LogP contribution in [0.15, 0.2) is 18.2 Å². The van der Waals surface area contributed by atoms with E-state index >= 15 is 0 Å². The van der Waals surface area contributed by atoms with Crippen LogP contribution >= 0.6 is 0 Å². The Morgan fingerprint density at radius 2 is 2.04 bits per heavy atom. The zero-order valence-corrected chi connectivity index (χ0v) is 14.2. The molecule has 0 bridgehead atoms. The van der Waals surface area contributed by atoms with Crippen LogP contribution in [-0.2, 0) is 9.53 Å². The van der Waals surface area contributed by atoms with E-state index in [4.69, 9.17) is 9.84 Å². The Hall–Kier alpha value is -2.81. The van der Waals surface area contributed by atoms with Crippen LogP contribution in [0.25, 0.3) is 5.69 Å². The second-order valence-electron chi connectivity index (χ2n) is 6.00. The third kappa shape index (κ3) is 3.17. The first-order valence-corrected chi connectivity index (χ1v) is 7.95. The average Bonchev–Trinajstić information content (AvgIpc) is 2.88. The van der Waals surface area contributed by atoms with Gasteiger partial charge in [-0.15, -0.1) is 0 Å². The molecule has 1 atom stereocenters. The third-order valence-corrected chi connectivity index (χ3v) is 4.27. The zero-order valence-electron chi connectivity index (χ0n) is 14.2. The van der Waals surface area contributed by atoms with Gasteiger partial charge in [0.1, 0.15) is 11.5 Å². The zero-order chi connectivity index (χ0) is 19.0. The average molecular weight is 365 g/mol. The van der Waals surface area contributed by atoms with Gasteiger partial charge in [-0.1, -0.05) is 0 Å². The number of aliphatic carboxylic acids is 1. The SMILES string of the molecule is Cc1nn(-c2ccc(F)cc2F)c(C)c1C(=O)N1CCOC(C(=O)O)C1. The molecule has 0 spiro atoms. The van der Waals surface area contributed by atoms with E-state index in [2.05, 4.69) is 5.10 Å². The van der Waals surface area contributed by atoms with Gasteiger partial charge in [-0.2, -0.15) is 5.10 Å². The molecule has 3 rings (SSSR count). The maximum Gasteiger partial charge on any atom is 0.334 e. The van der Waals surface area contributed by atoms with Crippen molar-refractivity contribution in [1.82, 2.24) is 14.7 Å². The van der Waals surface area contributed by atoms with Crippen LogP contribution in [0, 0.1) is 25.5 Å². The fourth-order valence-electron chi connectivity index (χ4n) is 2.98. The fraction of sp³-hybridized carbons (Fsp3) is 0.353. The number of nitrogens with zero attached hydrogens (tertiary/aromatic N) is 3. The summed E-state index contributed by atoms with van der Waals surface area (Å²) >= 11 is 0. The van der Waals surface area contributed by atoms with Gasteiger partial charge in [0, 0.05) is 12.6 Å². The van der Waals surface area contributed by atoms with E-state index in [-0.39, 0.29) is 30.9 Å². The minimum absolute atomic E-state index is 0.0245. The molecule has 0 radical (unpaired) electrons. The third-order valence-electron chi connectivity index (χ3n) is 4.27. The number of carbonyl (C=O) groups is 2. The monoisotopic (exact) mass is 365 g/mol. The van der Waals surface area contributed by atoms with Crippen LogP contribution in [-0.4, -0.2) is 57.5 Å². The number of hydrogen-bond donors (Lipinski definition) is 1. The molecule has 2 heterocycles. The molecule has 1 N–H and O–H groups in total. The molecule has 2 aromatic rings. The highest BCUT2D eigenvalue weighted by atomic mass is 19.1. The number of carbonyl (C=O) groups excluding carboxylic acids is 1. The lowest BCUT2D eigenvalue weighted by Gasteiger charge is -2.31. The van der Waals surface area contributed by atoms with Crippen molar-refractivity contribution in [3.63, 3.8) is 0 Å². The van der Waals surface area contributed by atoms with E-state index < -0.39 is 29.6 Å². The Morgan fingerprint density at radius 3 is 2.69 bits per heavy atom. The van der Waals surface area contributed by atoms with Crippen LogP contribution in [0.1, 0.15) is 21.7 Å². The molecular weight excluding hydrogens is 348 g/mol. The van der Waals surface area contributed by atoms with Crippen molar-refractivity contribution >= 4 is 11.9 Å². The van der Waals surface area contributed by atoms with Crippen LogP contribution in [0.5, 0.6) is 0 Å². The Bertz CT molecular complexity index is 881. The predicted molar refractivity (Wildman–Crippen MR) is 86.2 cm³/mol. The Labute approximate surface area is 147 Å². The molecule has 7 nitrogen and oxygen atoms in total. The van der Waals surface area contributed by atoms with Crippen molar-refractivity contribution in [2.45, 2.75) is 20.0 Å². The van der Waals surface area contributed by atoms with Gasteiger partial charge in [0.15, 0.2) is 11.9 Å². The number of morpholine rings is 1.